The third-order valence-electron chi connectivity index (χ3n) is 15.0. The van der Waals surface area contributed by atoms with Gasteiger partial charge in [0.1, 0.15) is 26.9 Å². The number of carbonyl (C=O) groups excluding carboxylic acids is 2. The van der Waals surface area contributed by atoms with Crippen molar-refractivity contribution < 1.29 is 28.5 Å². The summed E-state index contributed by atoms with van der Waals surface area (Å²) >= 11 is 0. The molecular formula is C44H78N4O6. The Bertz CT molecular complexity index is 994. The van der Waals surface area contributed by atoms with Crippen molar-refractivity contribution >= 4 is 12.1 Å². The van der Waals surface area contributed by atoms with Crippen LogP contribution in [0.15, 0.2) is 0 Å². The number of nitrogens with zero attached hydrogens (tertiary/aromatic N) is 4. The molecule has 10 heteroatoms. The molecular weight excluding hydrogens is 681 g/mol. The van der Waals surface area contributed by atoms with Gasteiger partial charge < -0.3 is 18.9 Å². The lowest BCUT2D eigenvalue weighted by Gasteiger charge is -2.35. The van der Waals surface area contributed by atoms with Gasteiger partial charge in [-0.25, -0.2) is 9.59 Å². The predicted octanol–water partition coefficient (Wildman–Crippen LogP) is 9.87. The van der Waals surface area contributed by atoms with Crippen molar-refractivity contribution in [3.8, 4) is 0 Å². The van der Waals surface area contributed by atoms with Crippen LogP contribution >= 0.6 is 0 Å². The zero-order valence-electron chi connectivity index (χ0n) is 35.5. The highest BCUT2D eigenvalue weighted by Gasteiger charge is 2.60. The molecule has 0 N–H and O–H groups in total. The van der Waals surface area contributed by atoms with Gasteiger partial charge in [-0.15, -0.1) is 0 Å². The van der Waals surface area contributed by atoms with Crippen molar-refractivity contribution in [2.45, 2.75) is 195 Å². The molecule has 2 aliphatic heterocycles. The summed E-state index contributed by atoms with van der Waals surface area (Å²) in [6.07, 6.45) is 16.7. The second kappa shape index (κ2) is 19.2. The molecule has 4 saturated carbocycles. The van der Waals surface area contributed by atoms with Crippen LogP contribution in [0.4, 0.5) is 9.59 Å². The van der Waals surface area contributed by atoms with Gasteiger partial charge >= 0.3 is 12.1 Å². The van der Waals surface area contributed by atoms with Gasteiger partial charge in [0.15, 0.2) is 12.3 Å². The molecule has 0 unspecified atom stereocenters. The second-order valence-corrected chi connectivity index (χ2v) is 19.6. The fraction of sp³-hybridized carbons (Fsp3) is 0.955. The number of rotatable bonds is 16. The fourth-order valence-corrected chi connectivity index (χ4v) is 10.7. The lowest BCUT2D eigenvalue weighted by molar-refractivity contribution is -0.0858. The van der Waals surface area contributed by atoms with Crippen LogP contribution in [0.1, 0.15) is 158 Å². The maximum atomic E-state index is 14.6. The van der Waals surface area contributed by atoms with Crippen LogP contribution in [0, 0.1) is 47.3 Å². The van der Waals surface area contributed by atoms with Crippen molar-refractivity contribution in [2.24, 2.45) is 47.3 Å². The largest absolute Gasteiger partial charge is 0.358 e. The summed E-state index contributed by atoms with van der Waals surface area (Å²) in [5.41, 5.74) is 0. The minimum Gasteiger partial charge on any atom is -0.358 e. The molecule has 0 aromatic rings. The van der Waals surface area contributed by atoms with E-state index in [9.17, 15) is 9.59 Å². The first-order valence-corrected chi connectivity index (χ1v) is 22.5. The summed E-state index contributed by atoms with van der Waals surface area (Å²) in [6.45, 7) is 19.2. The molecule has 6 fully saturated rings. The number of ether oxygens (including phenoxy) is 4. The van der Waals surface area contributed by atoms with E-state index in [-0.39, 0.29) is 63.4 Å². The molecule has 0 spiro atoms. The fourth-order valence-electron chi connectivity index (χ4n) is 10.7. The molecule has 6 aliphatic rings. The summed E-state index contributed by atoms with van der Waals surface area (Å²) in [5.74, 6) is 5.64. The SMILES string of the molecule is CC(C)C1CCC(OCN2C(=O)N(COC3CCC(C(C)C)CC3)C3C2N(COC2CCC(C(C)C)CC2)C(=O)N3COC2CCC(C(C)C)CC2)CC1. The van der Waals surface area contributed by atoms with Crippen LogP contribution in [0.5, 0.6) is 0 Å². The van der Waals surface area contributed by atoms with E-state index in [1.165, 1.54) is 0 Å². The van der Waals surface area contributed by atoms with Crippen LogP contribution in [-0.4, -0.2) is 95.3 Å². The summed E-state index contributed by atoms with van der Waals surface area (Å²) < 4.78 is 26.4. The summed E-state index contributed by atoms with van der Waals surface area (Å²) in [6, 6.07) is -0.261. The highest BCUT2D eigenvalue weighted by Crippen LogP contribution is 2.40. The summed E-state index contributed by atoms with van der Waals surface area (Å²) in [4.78, 5) is 36.4. The zero-order valence-corrected chi connectivity index (χ0v) is 35.5. The highest BCUT2D eigenvalue weighted by molar-refractivity contribution is 5.85. The van der Waals surface area contributed by atoms with Gasteiger partial charge in [-0.1, -0.05) is 55.4 Å². The molecule has 0 aromatic carbocycles. The van der Waals surface area contributed by atoms with Crippen LogP contribution < -0.4 is 0 Å². The zero-order chi connectivity index (χ0) is 38.5. The van der Waals surface area contributed by atoms with E-state index in [0.29, 0.717) is 23.7 Å². The number of hydrogen-bond acceptors (Lipinski definition) is 6. The predicted molar refractivity (Wildman–Crippen MR) is 212 cm³/mol. The minimum atomic E-state index is -0.537. The number of carbonyl (C=O) groups is 2. The maximum absolute atomic E-state index is 14.6. The smallest absolute Gasteiger partial charge is 0.327 e. The van der Waals surface area contributed by atoms with Crippen molar-refractivity contribution in [1.29, 1.82) is 0 Å². The van der Waals surface area contributed by atoms with E-state index >= 15 is 0 Å². The molecule has 54 heavy (non-hydrogen) atoms. The standard InChI is InChI=1S/C44H78N4O6/c1-29(2)33-9-17-37(18-10-33)51-25-45-41-42(47(43(45)49)27-53-39-21-13-35(14-22-39)31(5)6)48(28-54-40-23-15-36(16-24-40)32(7)8)44(50)46(41)26-52-38-19-11-34(12-20-38)30(3)4/h29-42H,9-28H2,1-8H3. The molecule has 2 heterocycles. The Morgan fingerprint density at radius 2 is 0.556 bits per heavy atom. The average molecular weight is 759 g/mol. The van der Waals surface area contributed by atoms with E-state index in [2.05, 4.69) is 55.4 Å². The number of fused-ring (bicyclic) bond motifs is 1. The van der Waals surface area contributed by atoms with Gasteiger partial charge in [0.2, 0.25) is 0 Å². The lowest BCUT2D eigenvalue weighted by Crippen LogP contribution is -2.49. The first kappa shape index (κ1) is 42.0. The molecule has 0 atom stereocenters. The van der Waals surface area contributed by atoms with Gasteiger partial charge in [-0.05, 0) is 150 Å². The van der Waals surface area contributed by atoms with Gasteiger partial charge in [-0.3, -0.25) is 19.6 Å². The molecule has 4 amide bonds. The van der Waals surface area contributed by atoms with Gasteiger partial charge in [-0.2, -0.15) is 0 Å². The Morgan fingerprint density at radius 3 is 0.722 bits per heavy atom. The van der Waals surface area contributed by atoms with Gasteiger partial charge in [0.25, 0.3) is 0 Å². The van der Waals surface area contributed by atoms with Crippen molar-refractivity contribution in [1.82, 2.24) is 19.6 Å². The normalized spacial score (nSPS) is 35.4. The topological polar surface area (TPSA) is 84.0 Å². The quantitative estimate of drug-likeness (QED) is 0.156. The summed E-state index contributed by atoms with van der Waals surface area (Å²) in [5, 5.41) is 0. The third kappa shape index (κ3) is 10.1. The molecule has 310 valence electrons. The molecule has 6 rings (SSSR count). The van der Waals surface area contributed by atoms with Gasteiger partial charge in [0, 0.05) is 0 Å². The van der Waals surface area contributed by atoms with Crippen molar-refractivity contribution in [3.63, 3.8) is 0 Å². The Kier molecular flexibility index (Phi) is 14.9. The van der Waals surface area contributed by atoms with Crippen LogP contribution in [0.2, 0.25) is 0 Å². The van der Waals surface area contributed by atoms with E-state index < -0.39 is 12.3 Å². The molecule has 10 nitrogen and oxygen atoms in total. The summed E-state index contributed by atoms with van der Waals surface area (Å²) in [7, 11) is 0. The first-order valence-electron chi connectivity index (χ1n) is 22.5. The third-order valence-corrected chi connectivity index (χ3v) is 15.0. The maximum Gasteiger partial charge on any atom is 0.327 e. The monoisotopic (exact) mass is 759 g/mol. The van der Waals surface area contributed by atoms with E-state index in [1.807, 2.05) is 0 Å². The number of urea groups is 2. The molecule has 0 radical (unpaired) electrons. The van der Waals surface area contributed by atoms with Crippen molar-refractivity contribution in [3.05, 3.63) is 0 Å². The van der Waals surface area contributed by atoms with Crippen LogP contribution in [0.25, 0.3) is 0 Å². The molecule has 0 bridgehead atoms. The number of amides is 4. The van der Waals surface area contributed by atoms with Crippen LogP contribution in [-0.2, 0) is 18.9 Å². The van der Waals surface area contributed by atoms with Crippen LogP contribution in [0.3, 0.4) is 0 Å². The Morgan fingerprint density at radius 1 is 0.370 bits per heavy atom. The van der Waals surface area contributed by atoms with E-state index in [4.69, 9.17) is 18.9 Å². The van der Waals surface area contributed by atoms with E-state index in [0.717, 1.165) is 126 Å². The highest BCUT2D eigenvalue weighted by atomic mass is 16.5. The average Bonchev–Trinajstić information content (AvgIpc) is 3.59. The molecule has 2 saturated heterocycles. The van der Waals surface area contributed by atoms with Crippen molar-refractivity contribution in [2.75, 3.05) is 26.9 Å². The Labute approximate surface area is 328 Å². The minimum absolute atomic E-state index is 0.117. The number of hydrogen-bond donors (Lipinski definition) is 0. The lowest BCUT2D eigenvalue weighted by atomic mass is 9.80. The second-order valence-electron chi connectivity index (χ2n) is 19.6. The van der Waals surface area contributed by atoms with E-state index in [1.54, 1.807) is 19.6 Å². The van der Waals surface area contributed by atoms with Gasteiger partial charge in [0.05, 0.1) is 24.4 Å². The molecule has 4 aliphatic carbocycles. The molecule has 0 aromatic heterocycles. The Hall–Kier alpha value is -1.62. The first-order chi connectivity index (χ1) is 25.9. The Balaban J connectivity index is 1.18.